The van der Waals surface area contributed by atoms with Crippen LogP contribution in [0.3, 0.4) is 0 Å². The van der Waals surface area contributed by atoms with Crippen molar-refractivity contribution in [1.82, 2.24) is 19.5 Å². The molecule has 4 aromatic rings. The molecule has 0 radical (unpaired) electrons. The second kappa shape index (κ2) is 10.3. The molecule has 1 atom stereocenters. The highest BCUT2D eigenvalue weighted by Crippen LogP contribution is 2.55. The Hall–Kier alpha value is -4.58. The van der Waals surface area contributed by atoms with Crippen molar-refractivity contribution >= 4 is 34.8 Å². The molecule has 2 aromatic heterocycles. The summed E-state index contributed by atoms with van der Waals surface area (Å²) in [6.45, 7) is 6.66. The number of rotatable bonds is 7. The van der Waals surface area contributed by atoms with E-state index in [0.717, 1.165) is 11.1 Å². The van der Waals surface area contributed by atoms with Gasteiger partial charge in [-0.3, -0.25) is 14.5 Å². The molecule has 0 fully saturated rings. The fraction of sp³-hybridized carbons (Fsp3) is 0.300. The number of nitrogens with one attached hydrogen (secondary N) is 1. The molecule has 0 saturated heterocycles. The van der Waals surface area contributed by atoms with Gasteiger partial charge in [0.1, 0.15) is 5.82 Å². The van der Waals surface area contributed by atoms with Crippen LogP contribution in [0.4, 0.5) is 20.2 Å². The minimum Gasteiger partial charge on any atom is -0.480 e. The Bertz CT molecular complexity index is 1810. The van der Waals surface area contributed by atoms with Gasteiger partial charge in [0.2, 0.25) is 5.88 Å². The van der Waals surface area contributed by atoms with Crippen LogP contribution in [0.5, 0.6) is 11.9 Å². The number of carbonyl (C=O) groups excluding carboxylic acids is 2. The monoisotopic (exact) mass is 608 g/mol. The first-order valence-corrected chi connectivity index (χ1v) is 13.8. The van der Waals surface area contributed by atoms with Crippen LogP contribution in [0.1, 0.15) is 52.8 Å². The molecule has 2 aliphatic heterocycles. The Labute approximate surface area is 250 Å². The van der Waals surface area contributed by atoms with Gasteiger partial charge >= 0.3 is 6.01 Å². The molecule has 222 valence electrons. The minimum absolute atomic E-state index is 0.000721. The van der Waals surface area contributed by atoms with Crippen LogP contribution < -0.4 is 19.7 Å². The van der Waals surface area contributed by atoms with Crippen molar-refractivity contribution in [2.24, 2.45) is 0 Å². The van der Waals surface area contributed by atoms with Crippen LogP contribution >= 0.6 is 11.6 Å². The quantitative estimate of drug-likeness (QED) is 0.286. The summed E-state index contributed by atoms with van der Waals surface area (Å²) in [5, 5.41) is 3.40. The van der Waals surface area contributed by atoms with E-state index in [2.05, 4.69) is 15.3 Å². The second-order valence-electron chi connectivity index (χ2n) is 10.7. The third kappa shape index (κ3) is 4.22. The van der Waals surface area contributed by atoms with Crippen molar-refractivity contribution in [3.8, 4) is 23.3 Å². The first-order chi connectivity index (χ1) is 20.5. The summed E-state index contributed by atoms with van der Waals surface area (Å²) in [5.74, 6) is -0.658. The third-order valence-electron chi connectivity index (χ3n) is 7.57. The van der Waals surface area contributed by atoms with E-state index >= 15 is 0 Å². The Morgan fingerprint density at radius 1 is 1.09 bits per heavy atom. The van der Waals surface area contributed by atoms with E-state index < -0.39 is 30.4 Å². The van der Waals surface area contributed by atoms with Gasteiger partial charge < -0.3 is 19.4 Å². The average molecular weight is 609 g/mol. The number of ether oxygens (including phenoxy) is 2. The van der Waals surface area contributed by atoms with Gasteiger partial charge in [-0.15, -0.1) is 0 Å². The number of carbonyl (C=O) groups is 2. The summed E-state index contributed by atoms with van der Waals surface area (Å²) in [4.78, 5) is 43.3. The molecular formula is C30H27ClF2N6O4. The molecule has 10 nitrogen and oxygen atoms in total. The number of nitrogens with zero attached hydrogens (tertiary/aromatic N) is 5. The van der Waals surface area contributed by atoms with Crippen molar-refractivity contribution in [3.63, 3.8) is 0 Å². The van der Waals surface area contributed by atoms with Gasteiger partial charge in [0, 0.05) is 28.5 Å². The molecule has 0 saturated carbocycles. The summed E-state index contributed by atoms with van der Waals surface area (Å²) < 4.78 is 37.7. The summed E-state index contributed by atoms with van der Waals surface area (Å²) in [7, 11) is 1.36. The van der Waals surface area contributed by atoms with Crippen molar-refractivity contribution in [2.75, 3.05) is 23.9 Å². The number of aromatic nitrogens is 4. The van der Waals surface area contributed by atoms with Gasteiger partial charge in [-0.25, -0.2) is 18.7 Å². The largest absolute Gasteiger partial charge is 0.480 e. The standard InChI is InChI=1S/C30H27ClF2N6O4/c1-14(2)38-24-23(36-25(38)18-12-34-29(37-26(18)42-5)43-13-22(32)33)27(40)39(21-11-17(31)8-7-16(21)4)30(24)19-9-6-15(3)10-20(19)35-28(30)41/h6-12,14,22H,13H2,1-5H3,(H,35,41). The fourth-order valence-electron chi connectivity index (χ4n) is 5.83. The Balaban J connectivity index is 1.65. The van der Waals surface area contributed by atoms with Gasteiger partial charge in [0.05, 0.1) is 24.1 Å². The molecule has 0 aliphatic carbocycles. The average Bonchev–Trinajstić information content (AvgIpc) is 3.57. The van der Waals surface area contributed by atoms with Crippen molar-refractivity contribution in [1.29, 1.82) is 0 Å². The third-order valence-corrected chi connectivity index (χ3v) is 7.80. The van der Waals surface area contributed by atoms with Crippen LogP contribution in [0.15, 0.2) is 42.6 Å². The molecule has 1 N–H and O–H groups in total. The first kappa shape index (κ1) is 28.5. The lowest BCUT2D eigenvalue weighted by atomic mass is 9.86. The molecule has 4 heterocycles. The maximum atomic E-state index is 14.5. The van der Waals surface area contributed by atoms with E-state index in [0.29, 0.717) is 27.7 Å². The molecule has 2 aromatic carbocycles. The maximum Gasteiger partial charge on any atom is 0.319 e. The zero-order chi connectivity index (χ0) is 30.8. The molecule has 6 rings (SSSR count). The second-order valence-corrected chi connectivity index (χ2v) is 11.1. The first-order valence-electron chi connectivity index (χ1n) is 13.5. The molecule has 1 unspecified atom stereocenters. The Morgan fingerprint density at radius 3 is 2.56 bits per heavy atom. The number of hydrogen-bond donors (Lipinski definition) is 1. The topological polar surface area (TPSA) is 111 Å². The highest BCUT2D eigenvalue weighted by molar-refractivity contribution is 6.31. The minimum atomic E-state index is -2.71. The number of benzene rings is 2. The van der Waals surface area contributed by atoms with E-state index in [4.69, 9.17) is 26.1 Å². The lowest BCUT2D eigenvalue weighted by Crippen LogP contribution is -2.51. The number of alkyl halides is 2. The number of anilines is 2. The van der Waals surface area contributed by atoms with Crippen molar-refractivity contribution in [3.05, 3.63) is 75.7 Å². The number of fused-ring (bicyclic) bond motifs is 4. The van der Waals surface area contributed by atoms with Crippen LogP contribution in [-0.4, -0.2) is 51.5 Å². The number of halogens is 3. The zero-order valence-corrected chi connectivity index (χ0v) is 24.7. The van der Waals surface area contributed by atoms with Crippen molar-refractivity contribution < 1.29 is 27.8 Å². The molecule has 13 heteroatoms. The van der Waals surface area contributed by atoms with Crippen LogP contribution in [0.25, 0.3) is 11.4 Å². The molecule has 2 aliphatic rings. The highest BCUT2D eigenvalue weighted by atomic mass is 35.5. The number of amides is 2. The van der Waals surface area contributed by atoms with Gasteiger partial charge in [0.25, 0.3) is 18.2 Å². The van der Waals surface area contributed by atoms with E-state index in [-0.39, 0.29) is 35.0 Å². The Morgan fingerprint density at radius 2 is 1.86 bits per heavy atom. The SMILES string of the molecule is COc1nc(OCC(F)F)ncc1-c1nc2c(n1C(C)C)C1(C(=O)Nc3cc(C)ccc31)N(c1cc(Cl)ccc1C)C2=O. The van der Waals surface area contributed by atoms with E-state index in [1.165, 1.54) is 18.2 Å². The molecular weight excluding hydrogens is 582 g/mol. The van der Waals surface area contributed by atoms with E-state index in [9.17, 15) is 18.4 Å². The predicted molar refractivity (Wildman–Crippen MR) is 155 cm³/mol. The zero-order valence-electron chi connectivity index (χ0n) is 23.9. The molecule has 2 amide bonds. The normalized spacial score (nSPS) is 17.2. The van der Waals surface area contributed by atoms with Gasteiger partial charge in [-0.2, -0.15) is 4.98 Å². The number of imidazole rings is 1. The number of methoxy groups -OCH3 is 1. The summed E-state index contributed by atoms with van der Waals surface area (Å²) in [5.41, 5.74) is 2.38. The van der Waals surface area contributed by atoms with Gasteiger partial charge in [-0.1, -0.05) is 29.8 Å². The lowest BCUT2D eigenvalue weighted by Gasteiger charge is -2.36. The smallest absolute Gasteiger partial charge is 0.319 e. The van der Waals surface area contributed by atoms with E-state index in [1.54, 1.807) is 22.8 Å². The summed E-state index contributed by atoms with van der Waals surface area (Å²) in [6, 6.07) is 10.1. The number of aryl methyl sites for hydroxylation is 2. The van der Waals surface area contributed by atoms with Crippen molar-refractivity contribution in [2.45, 2.75) is 45.7 Å². The van der Waals surface area contributed by atoms with Gasteiger partial charge in [0.15, 0.2) is 17.8 Å². The maximum absolute atomic E-state index is 14.5. The van der Waals surface area contributed by atoms with Crippen LogP contribution in [-0.2, 0) is 10.3 Å². The van der Waals surface area contributed by atoms with E-state index in [1.807, 2.05) is 45.9 Å². The highest BCUT2D eigenvalue weighted by Gasteiger charge is 2.64. The molecule has 0 bridgehead atoms. The Kier molecular flexibility index (Phi) is 6.83. The fourth-order valence-corrected chi connectivity index (χ4v) is 6.00. The molecule has 43 heavy (non-hydrogen) atoms. The van der Waals surface area contributed by atoms with Gasteiger partial charge in [-0.05, 0) is 57.0 Å². The summed E-state index contributed by atoms with van der Waals surface area (Å²) >= 11 is 6.41. The summed E-state index contributed by atoms with van der Waals surface area (Å²) in [6.07, 6.45) is -1.37. The van der Waals surface area contributed by atoms with Crippen LogP contribution in [0, 0.1) is 13.8 Å². The van der Waals surface area contributed by atoms with Crippen LogP contribution in [0.2, 0.25) is 5.02 Å². The number of hydrogen-bond acceptors (Lipinski definition) is 7. The molecule has 1 spiro atoms. The predicted octanol–water partition coefficient (Wildman–Crippen LogP) is 5.70. The lowest BCUT2D eigenvalue weighted by molar-refractivity contribution is -0.119.